The highest BCUT2D eigenvalue weighted by Gasteiger charge is 2.14. The van der Waals surface area contributed by atoms with E-state index < -0.39 is 10.0 Å². The van der Waals surface area contributed by atoms with Crippen LogP contribution in [0.25, 0.3) is 0 Å². The maximum absolute atomic E-state index is 11.3. The average molecular weight is 440 g/mol. The first kappa shape index (κ1) is 16.0. The standard InChI is InChI=1S/C12H12Br2N2O2S2/c1-7(12-9(13)4-5-19-12)16-11-3-2-8(6-10(11)14)20(15,17)18/h2-7,16H,1H3,(H2,15,17,18). The van der Waals surface area contributed by atoms with E-state index in [1.165, 1.54) is 17.0 Å². The Hall–Kier alpha value is -0.410. The summed E-state index contributed by atoms with van der Waals surface area (Å²) in [4.78, 5) is 1.26. The number of nitrogens with two attached hydrogens (primary N) is 1. The summed E-state index contributed by atoms with van der Waals surface area (Å²) in [6, 6.07) is 6.77. The van der Waals surface area contributed by atoms with E-state index >= 15 is 0 Å². The highest BCUT2D eigenvalue weighted by atomic mass is 79.9. The second-order valence-electron chi connectivity index (χ2n) is 4.19. The van der Waals surface area contributed by atoms with Gasteiger partial charge in [-0.3, -0.25) is 0 Å². The van der Waals surface area contributed by atoms with Crippen LogP contribution < -0.4 is 10.5 Å². The third-order valence-electron chi connectivity index (χ3n) is 2.68. The number of hydrogen-bond donors (Lipinski definition) is 2. The highest BCUT2D eigenvalue weighted by molar-refractivity contribution is 9.11. The molecule has 0 amide bonds. The fourth-order valence-electron chi connectivity index (χ4n) is 1.70. The maximum atomic E-state index is 11.3. The number of rotatable bonds is 4. The van der Waals surface area contributed by atoms with Crippen molar-refractivity contribution in [3.63, 3.8) is 0 Å². The molecule has 0 fully saturated rings. The fraction of sp³-hybridized carbons (Fsp3) is 0.167. The molecular formula is C12H12Br2N2O2S2. The molecule has 0 aliphatic carbocycles. The fourth-order valence-corrected chi connectivity index (χ4v) is 4.61. The molecular weight excluding hydrogens is 428 g/mol. The molecule has 1 aromatic carbocycles. The van der Waals surface area contributed by atoms with Crippen molar-refractivity contribution in [1.29, 1.82) is 0 Å². The molecule has 0 saturated carbocycles. The van der Waals surface area contributed by atoms with Gasteiger partial charge in [0.25, 0.3) is 0 Å². The predicted octanol–water partition coefficient (Wildman–Crippen LogP) is 4.09. The van der Waals surface area contributed by atoms with E-state index in [4.69, 9.17) is 5.14 Å². The summed E-state index contributed by atoms with van der Waals surface area (Å²) in [6.45, 7) is 2.04. The first-order valence-corrected chi connectivity index (χ1v) is 9.62. The minimum atomic E-state index is -3.68. The Labute approximate surface area is 138 Å². The molecule has 4 nitrogen and oxygen atoms in total. The molecule has 1 unspecified atom stereocenters. The van der Waals surface area contributed by atoms with Gasteiger partial charge in [0.05, 0.1) is 10.9 Å². The second-order valence-corrected chi connectivity index (χ2v) is 8.40. The molecule has 2 rings (SSSR count). The molecule has 3 N–H and O–H groups in total. The van der Waals surface area contributed by atoms with Gasteiger partial charge in [-0.1, -0.05) is 0 Å². The zero-order valence-electron chi connectivity index (χ0n) is 10.4. The minimum absolute atomic E-state index is 0.0832. The largest absolute Gasteiger partial charge is 0.377 e. The van der Waals surface area contributed by atoms with Crippen molar-refractivity contribution in [1.82, 2.24) is 0 Å². The van der Waals surface area contributed by atoms with Gasteiger partial charge in [-0.15, -0.1) is 11.3 Å². The SMILES string of the molecule is CC(Nc1ccc(S(N)(=O)=O)cc1Br)c1sccc1Br. The van der Waals surface area contributed by atoms with Gasteiger partial charge in [-0.2, -0.15) is 0 Å². The van der Waals surface area contributed by atoms with Crippen LogP contribution in [0, 0.1) is 0 Å². The lowest BCUT2D eigenvalue weighted by molar-refractivity contribution is 0.598. The van der Waals surface area contributed by atoms with Crippen molar-refractivity contribution in [3.05, 3.63) is 43.5 Å². The number of primary sulfonamides is 1. The predicted molar refractivity (Wildman–Crippen MR) is 89.6 cm³/mol. The van der Waals surface area contributed by atoms with Crippen molar-refractivity contribution in [2.24, 2.45) is 5.14 Å². The lowest BCUT2D eigenvalue weighted by Crippen LogP contribution is -2.12. The van der Waals surface area contributed by atoms with Crippen LogP contribution in [0.15, 0.2) is 43.5 Å². The number of benzene rings is 1. The van der Waals surface area contributed by atoms with Gasteiger partial charge in [-0.05, 0) is 68.4 Å². The summed E-state index contributed by atoms with van der Waals surface area (Å²) in [7, 11) is -3.68. The van der Waals surface area contributed by atoms with Gasteiger partial charge in [0, 0.05) is 19.5 Å². The molecule has 0 radical (unpaired) electrons. The van der Waals surface area contributed by atoms with Crippen molar-refractivity contribution in [2.75, 3.05) is 5.32 Å². The molecule has 108 valence electrons. The normalized spacial score (nSPS) is 13.2. The van der Waals surface area contributed by atoms with E-state index in [9.17, 15) is 8.42 Å². The molecule has 1 atom stereocenters. The number of hydrogen-bond acceptors (Lipinski definition) is 4. The van der Waals surface area contributed by atoms with E-state index in [1.807, 2.05) is 18.4 Å². The maximum Gasteiger partial charge on any atom is 0.238 e. The first-order valence-electron chi connectivity index (χ1n) is 5.61. The van der Waals surface area contributed by atoms with Gasteiger partial charge in [-0.25, -0.2) is 13.6 Å². The zero-order chi connectivity index (χ0) is 14.9. The van der Waals surface area contributed by atoms with Crippen LogP contribution in [0.4, 0.5) is 5.69 Å². The Balaban J connectivity index is 2.25. The van der Waals surface area contributed by atoms with Crippen molar-refractivity contribution >= 4 is 58.9 Å². The number of nitrogens with one attached hydrogen (secondary N) is 1. The van der Waals surface area contributed by atoms with Crippen LogP contribution in [0.3, 0.4) is 0 Å². The zero-order valence-corrected chi connectivity index (χ0v) is 15.2. The molecule has 0 bridgehead atoms. The summed E-state index contributed by atoms with van der Waals surface area (Å²) in [5.41, 5.74) is 0.810. The molecule has 0 saturated heterocycles. The number of halogens is 2. The number of sulfonamides is 1. The molecule has 20 heavy (non-hydrogen) atoms. The molecule has 1 heterocycles. The molecule has 1 aromatic heterocycles. The van der Waals surface area contributed by atoms with Crippen molar-refractivity contribution in [3.8, 4) is 0 Å². The van der Waals surface area contributed by atoms with Gasteiger partial charge in [0.2, 0.25) is 10.0 Å². The Kier molecular flexibility index (Phi) is 4.91. The summed E-state index contributed by atoms with van der Waals surface area (Å²) in [6.07, 6.45) is 0. The van der Waals surface area contributed by atoms with Gasteiger partial charge in [0.15, 0.2) is 0 Å². The van der Waals surface area contributed by atoms with Gasteiger partial charge < -0.3 is 5.32 Å². The van der Waals surface area contributed by atoms with Crippen LogP contribution in [0.2, 0.25) is 0 Å². The van der Waals surface area contributed by atoms with Crippen LogP contribution in [-0.4, -0.2) is 8.42 Å². The Bertz CT molecular complexity index is 729. The topological polar surface area (TPSA) is 72.2 Å². The smallest absolute Gasteiger partial charge is 0.238 e. The summed E-state index contributed by atoms with van der Waals surface area (Å²) in [5, 5.41) is 10.4. The monoisotopic (exact) mass is 438 g/mol. The molecule has 0 aliphatic heterocycles. The average Bonchev–Trinajstić information content (AvgIpc) is 2.76. The van der Waals surface area contributed by atoms with Crippen LogP contribution in [0.5, 0.6) is 0 Å². The van der Waals surface area contributed by atoms with Crippen LogP contribution in [-0.2, 0) is 10.0 Å². The number of anilines is 1. The quantitative estimate of drug-likeness (QED) is 0.753. The Morgan fingerprint density at radius 3 is 2.45 bits per heavy atom. The minimum Gasteiger partial charge on any atom is -0.377 e. The van der Waals surface area contributed by atoms with Crippen LogP contribution in [0.1, 0.15) is 17.8 Å². The second kappa shape index (κ2) is 6.15. The van der Waals surface area contributed by atoms with E-state index in [0.717, 1.165) is 10.2 Å². The number of thiophene rings is 1. The van der Waals surface area contributed by atoms with Gasteiger partial charge in [0.1, 0.15) is 0 Å². The van der Waals surface area contributed by atoms with E-state index in [0.29, 0.717) is 4.47 Å². The van der Waals surface area contributed by atoms with E-state index in [2.05, 4.69) is 37.2 Å². The third-order valence-corrected chi connectivity index (χ3v) is 6.30. The summed E-state index contributed by atoms with van der Waals surface area (Å²) in [5.74, 6) is 0. The van der Waals surface area contributed by atoms with Gasteiger partial charge >= 0.3 is 0 Å². The first-order chi connectivity index (χ1) is 9.29. The molecule has 0 aliphatic rings. The third kappa shape index (κ3) is 3.62. The Morgan fingerprint density at radius 2 is 1.95 bits per heavy atom. The van der Waals surface area contributed by atoms with Crippen molar-refractivity contribution < 1.29 is 8.42 Å². The van der Waals surface area contributed by atoms with Crippen molar-refractivity contribution in [2.45, 2.75) is 17.9 Å². The Morgan fingerprint density at radius 1 is 1.25 bits per heavy atom. The summed E-state index contributed by atoms with van der Waals surface area (Å²) < 4.78 is 24.3. The molecule has 0 spiro atoms. The highest BCUT2D eigenvalue weighted by Crippen LogP contribution is 2.33. The summed E-state index contributed by atoms with van der Waals surface area (Å²) >= 11 is 8.51. The lowest BCUT2D eigenvalue weighted by atomic mass is 10.2. The van der Waals surface area contributed by atoms with Crippen LogP contribution >= 0.6 is 43.2 Å². The van der Waals surface area contributed by atoms with E-state index in [1.54, 1.807) is 17.4 Å². The molecule has 2 aromatic rings. The molecule has 8 heteroatoms. The lowest BCUT2D eigenvalue weighted by Gasteiger charge is -2.16. The van der Waals surface area contributed by atoms with E-state index in [-0.39, 0.29) is 10.9 Å².